The molecule has 1 N–H and O–H groups in total. The number of amides is 2. The van der Waals surface area contributed by atoms with Crippen molar-refractivity contribution in [1.29, 1.82) is 0 Å². The molecule has 0 unspecified atom stereocenters. The molecule has 0 saturated carbocycles. The van der Waals surface area contributed by atoms with Crippen LogP contribution in [0.5, 0.6) is 5.75 Å². The van der Waals surface area contributed by atoms with Crippen LogP contribution in [0.1, 0.15) is 42.3 Å². The molecule has 0 radical (unpaired) electrons. The van der Waals surface area contributed by atoms with Crippen molar-refractivity contribution in [2.75, 3.05) is 19.7 Å². The molecule has 2 amide bonds. The second-order valence-electron chi connectivity index (χ2n) is 11.1. The lowest BCUT2D eigenvalue weighted by Gasteiger charge is -2.46. The Morgan fingerprint density at radius 3 is 2.58 bits per heavy atom. The molecule has 2 aliphatic heterocycles. The van der Waals surface area contributed by atoms with Gasteiger partial charge in [0.1, 0.15) is 12.4 Å². The van der Waals surface area contributed by atoms with Gasteiger partial charge in [-0.05, 0) is 53.9 Å². The van der Waals surface area contributed by atoms with Crippen LogP contribution in [0.4, 0.5) is 4.79 Å². The van der Waals surface area contributed by atoms with Gasteiger partial charge in [-0.3, -0.25) is 9.69 Å². The largest absolute Gasteiger partial charge is 0.491 e. The molecule has 2 aromatic rings. The minimum absolute atomic E-state index is 0.0728. The minimum Gasteiger partial charge on any atom is -0.491 e. The lowest BCUT2D eigenvalue weighted by atomic mass is 9.91. The summed E-state index contributed by atoms with van der Waals surface area (Å²) in [5.41, 5.74) is 2.65. The van der Waals surface area contributed by atoms with Gasteiger partial charge < -0.3 is 19.2 Å². The van der Waals surface area contributed by atoms with Crippen molar-refractivity contribution in [3.8, 4) is 5.75 Å². The van der Waals surface area contributed by atoms with E-state index in [9.17, 15) is 14.7 Å². The first-order chi connectivity index (χ1) is 16.9. The Bertz CT molecular complexity index is 1150. The summed E-state index contributed by atoms with van der Waals surface area (Å²) in [6.07, 6.45) is -0.903. The highest BCUT2D eigenvalue weighted by atomic mass is 79.9. The molecule has 194 valence electrons. The second-order valence-corrected chi connectivity index (χ2v) is 16.8. The Hall–Kier alpha value is -2.36. The number of carboxylic acid groups (broad SMARTS) is 1. The maximum atomic E-state index is 13.6. The van der Waals surface area contributed by atoms with Crippen LogP contribution in [0.3, 0.4) is 0 Å². The first-order valence-corrected chi connectivity index (χ1v) is 16.0. The van der Waals surface area contributed by atoms with E-state index in [1.807, 2.05) is 30.3 Å². The number of carbonyl (C=O) groups excluding carboxylic acids is 1. The van der Waals surface area contributed by atoms with Gasteiger partial charge in [-0.1, -0.05) is 61.0 Å². The summed E-state index contributed by atoms with van der Waals surface area (Å²) in [4.78, 5) is 29.3. The fourth-order valence-electron chi connectivity index (χ4n) is 4.60. The van der Waals surface area contributed by atoms with Gasteiger partial charge in [0.2, 0.25) is 0 Å². The van der Waals surface area contributed by atoms with Crippen LogP contribution in [0, 0.1) is 0 Å². The number of nitrogens with zero attached hydrogens (tertiary/aromatic N) is 2. The number of carbonyl (C=O) groups is 2. The fourth-order valence-corrected chi connectivity index (χ4v) is 6.28. The van der Waals surface area contributed by atoms with E-state index in [1.54, 1.807) is 11.0 Å². The highest BCUT2D eigenvalue weighted by Gasteiger charge is 2.45. The zero-order chi connectivity index (χ0) is 26.3. The van der Waals surface area contributed by atoms with E-state index >= 15 is 0 Å². The quantitative estimate of drug-likeness (QED) is 0.458. The summed E-state index contributed by atoms with van der Waals surface area (Å²) >= 11 is 3.45. The number of benzene rings is 2. The lowest BCUT2D eigenvalue weighted by Crippen LogP contribution is -2.58. The molecule has 2 aliphatic rings. The molecular weight excluding hydrogens is 540 g/mol. The summed E-state index contributed by atoms with van der Waals surface area (Å²) in [6.45, 7) is 12.2. The van der Waals surface area contributed by atoms with Crippen LogP contribution in [0.25, 0.3) is 0 Å². The maximum Gasteiger partial charge on any atom is 0.407 e. The van der Waals surface area contributed by atoms with Crippen LogP contribution in [0.2, 0.25) is 18.1 Å². The van der Waals surface area contributed by atoms with Crippen LogP contribution < -0.4 is 4.74 Å². The predicted molar refractivity (Wildman–Crippen MR) is 145 cm³/mol. The third kappa shape index (κ3) is 5.48. The first-order valence-electron chi connectivity index (χ1n) is 12.3. The number of rotatable bonds is 5. The molecule has 0 bridgehead atoms. The van der Waals surface area contributed by atoms with Gasteiger partial charge in [-0.2, -0.15) is 0 Å². The molecule has 0 fully saturated rings. The standard InChI is InChI=1S/C27H35BrN2O5Si/c1-27(2,3)36(4,5)35-24(22-14-18-8-6-7-9-19(18)16-30(22)26(32)33)17-29-12-13-34-23-15-20(28)10-11-21(23)25(29)31/h6-11,15,22,24H,12-14,16-17H2,1-5H3,(H,32,33)/t22-,24+/m0/s1. The highest BCUT2D eigenvalue weighted by molar-refractivity contribution is 9.10. The number of hydrogen-bond donors (Lipinski definition) is 1. The number of ether oxygens (including phenoxy) is 1. The van der Waals surface area contributed by atoms with E-state index in [0.29, 0.717) is 44.0 Å². The SMILES string of the molecule is CC(C)(C)[Si](C)(C)O[C@H](CN1CCOc2cc(Br)ccc2C1=O)[C@@H]1Cc2ccccc2CN1C(=O)O. The maximum absolute atomic E-state index is 13.6. The summed E-state index contributed by atoms with van der Waals surface area (Å²) < 4.78 is 13.7. The van der Waals surface area contributed by atoms with E-state index in [-0.39, 0.29) is 10.9 Å². The molecule has 0 aliphatic carbocycles. The van der Waals surface area contributed by atoms with Crippen molar-refractivity contribution >= 4 is 36.2 Å². The molecule has 0 aromatic heterocycles. The third-order valence-electron chi connectivity index (χ3n) is 7.70. The van der Waals surface area contributed by atoms with Gasteiger partial charge in [0.25, 0.3) is 5.91 Å². The summed E-state index contributed by atoms with van der Waals surface area (Å²) in [5, 5.41) is 10.1. The van der Waals surface area contributed by atoms with Crippen LogP contribution in [-0.2, 0) is 17.4 Å². The van der Waals surface area contributed by atoms with Crippen molar-refractivity contribution in [1.82, 2.24) is 9.80 Å². The molecule has 36 heavy (non-hydrogen) atoms. The Morgan fingerprint density at radius 1 is 1.22 bits per heavy atom. The molecule has 2 atom stereocenters. The van der Waals surface area contributed by atoms with Gasteiger partial charge >= 0.3 is 6.09 Å². The highest BCUT2D eigenvalue weighted by Crippen LogP contribution is 2.39. The lowest BCUT2D eigenvalue weighted by molar-refractivity contribution is 0.0227. The van der Waals surface area contributed by atoms with Gasteiger partial charge in [0, 0.05) is 17.6 Å². The van der Waals surface area contributed by atoms with E-state index in [0.717, 1.165) is 15.6 Å². The molecule has 7 nitrogen and oxygen atoms in total. The number of halogens is 1. The predicted octanol–water partition coefficient (Wildman–Crippen LogP) is 5.78. The third-order valence-corrected chi connectivity index (χ3v) is 12.7. The fraction of sp³-hybridized carbons (Fsp3) is 0.481. The molecular formula is C27H35BrN2O5Si. The Balaban J connectivity index is 1.70. The monoisotopic (exact) mass is 574 g/mol. The number of fused-ring (bicyclic) bond motifs is 2. The summed E-state index contributed by atoms with van der Waals surface area (Å²) in [7, 11) is -2.30. The summed E-state index contributed by atoms with van der Waals surface area (Å²) in [6, 6.07) is 13.0. The zero-order valence-corrected chi connectivity index (χ0v) is 24.2. The molecule has 9 heteroatoms. The van der Waals surface area contributed by atoms with E-state index in [1.165, 1.54) is 4.90 Å². The molecule has 4 rings (SSSR count). The minimum atomic E-state index is -2.30. The first kappa shape index (κ1) is 26.7. The zero-order valence-electron chi connectivity index (χ0n) is 21.6. The van der Waals surface area contributed by atoms with Gasteiger partial charge in [0.15, 0.2) is 8.32 Å². The summed E-state index contributed by atoms with van der Waals surface area (Å²) in [5.74, 6) is 0.425. The average Bonchev–Trinajstić information content (AvgIpc) is 2.95. The molecule has 0 saturated heterocycles. The second kappa shape index (κ2) is 10.2. The van der Waals surface area contributed by atoms with Crippen molar-refractivity contribution in [2.24, 2.45) is 0 Å². The average molecular weight is 576 g/mol. The van der Waals surface area contributed by atoms with E-state index in [2.05, 4.69) is 55.9 Å². The topological polar surface area (TPSA) is 79.3 Å². The Labute approximate surface area is 222 Å². The molecule has 2 heterocycles. The number of hydrogen-bond acceptors (Lipinski definition) is 4. The van der Waals surface area contributed by atoms with Crippen molar-refractivity contribution in [3.05, 3.63) is 63.6 Å². The molecule has 0 spiro atoms. The van der Waals surface area contributed by atoms with Crippen molar-refractivity contribution in [2.45, 2.75) is 64.0 Å². The smallest absolute Gasteiger partial charge is 0.407 e. The van der Waals surface area contributed by atoms with Gasteiger partial charge in [0.05, 0.1) is 24.3 Å². The van der Waals surface area contributed by atoms with Gasteiger partial charge in [-0.15, -0.1) is 0 Å². The van der Waals surface area contributed by atoms with Crippen molar-refractivity contribution in [3.63, 3.8) is 0 Å². The van der Waals surface area contributed by atoms with E-state index in [4.69, 9.17) is 9.16 Å². The van der Waals surface area contributed by atoms with Gasteiger partial charge in [-0.25, -0.2) is 4.79 Å². The van der Waals surface area contributed by atoms with E-state index < -0.39 is 26.6 Å². The Morgan fingerprint density at radius 2 is 1.92 bits per heavy atom. The van der Waals surface area contributed by atoms with Crippen molar-refractivity contribution < 1.29 is 23.9 Å². The van der Waals surface area contributed by atoms with Crippen LogP contribution >= 0.6 is 15.9 Å². The van der Waals surface area contributed by atoms with Crippen LogP contribution in [0.15, 0.2) is 46.9 Å². The van der Waals surface area contributed by atoms with Crippen LogP contribution in [-0.4, -0.2) is 67.1 Å². The Kier molecular flexibility index (Phi) is 7.55. The normalized spacial score (nSPS) is 19.2. The molecule has 2 aromatic carbocycles.